The Balaban J connectivity index is 2.22. The molecule has 1 fully saturated rings. The monoisotopic (exact) mass is 159 g/mol. The third kappa shape index (κ3) is 1.91. The molecule has 1 saturated heterocycles. The standard InChI is InChI=1S/C6H17NSi2/c1-3-4-7-8-5-6-9(7)2/h9H,3-6,8H2,1-2H3. The zero-order valence-electron chi connectivity index (χ0n) is 6.56. The second-order valence-corrected chi connectivity index (χ2v) is 8.73. The van der Waals surface area contributed by atoms with Crippen LogP contribution >= 0.6 is 0 Å². The Morgan fingerprint density at radius 1 is 1.67 bits per heavy atom. The van der Waals surface area contributed by atoms with E-state index in [1.165, 1.54) is 13.0 Å². The average molecular weight is 159 g/mol. The first kappa shape index (κ1) is 7.50. The van der Waals surface area contributed by atoms with Gasteiger partial charge in [0.2, 0.25) is 0 Å². The Kier molecular flexibility index (Phi) is 2.95. The third-order valence-corrected chi connectivity index (χ3v) is 10.0. The van der Waals surface area contributed by atoms with E-state index in [2.05, 4.69) is 17.7 Å². The fourth-order valence-electron chi connectivity index (χ4n) is 1.61. The summed E-state index contributed by atoms with van der Waals surface area (Å²) in [6.07, 6.45) is 1.38. The van der Waals surface area contributed by atoms with Gasteiger partial charge in [0.15, 0.2) is 0 Å². The van der Waals surface area contributed by atoms with Crippen LogP contribution in [0.4, 0.5) is 0 Å². The van der Waals surface area contributed by atoms with E-state index in [4.69, 9.17) is 0 Å². The molecular weight excluding hydrogens is 142 g/mol. The van der Waals surface area contributed by atoms with E-state index >= 15 is 0 Å². The lowest BCUT2D eigenvalue weighted by Gasteiger charge is -2.18. The number of hydrogen-bond acceptors (Lipinski definition) is 1. The molecular formula is C6H17NSi2. The smallest absolute Gasteiger partial charge is 0.101 e. The van der Waals surface area contributed by atoms with Gasteiger partial charge < -0.3 is 4.23 Å². The zero-order valence-corrected chi connectivity index (χ0v) is 9.13. The highest BCUT2D eigenvalue weighted by Gasteiger charge is 2.19. The van der Waals surface area contributed by atoms with E-state index < -0.39 is 0 Å². The van der Waals surface area contributed by atoms with Crippen molar-refractivity contribution >= 4 is 18.6 Å². The quantitative estimate of drug-likeness (QED) is 0.533. The molecule has 54 valence electrons. The second kappa shape index (κ2) is 3.53. The van der Waals surface area contributed by atoms with Crippen molar-refractivity contribution in [3.05, 3.63) is 0 Å². The molecule has 0 amide bonds. The van der Waals surface area contributed by atoms with Gasteiger partial charge in [0.05, 0.1) is 9.68 Å². The predicted molar refractivity (Wildman–Crippen MR) is 48.2 cm³/mol. The van der Waals surface area contributed by atoms with Gasteiger partial charge in [-0.1, -0.05) is 19.5 Å². The summed E-state index contributed by atoms with van der Waals surface area (Å²) < 4.78 is 2.86. The third-order valence-electron chi connectivity index (χ3n) is 2.20. The number of hydrogen-bond donors (Lipinski definition) is 0. The molecule has 1 nitrogen and oxygen atoms in total. The number of rotatable bonds is 2. The van der Waals surface area contributed by atoms with Gasteiger partial charge >= 0.3 is 0 Å². The van der Waals surface area contributed by atoms with E-state index in [1.807, 2.05) is 0 Å². The van der Waals surface area contributed by atoms with Gasteiger partial charge in [-0.15, -0.1) is 0 Å². The number of nitrogens with zero attached hydrogens (tertiary/aromatic N) is 1. The topological polar surface area (TPSA) is 3.24 Å². The summed E-state index contributed by atoms with van der Waals surface area (Å²) >= 11 is 0. The van der Waals surface area contributed by atoms with Crippen LogP contribution in [0.25, 0.3) is 0 Å². The first-order valence-electron chi connectivity index (χ1n) is 4.08. The summed E-state index contributed by atoms with van der Waals surface area (Å²) in [5.74, 6) is 0. The van der Waals surface area contributed by atoms with Crippen LogP contribution in [0.3, 0.4) is 0 Å². The zero-order chi connectivity index (χ0) is 6.69. The molecule has 0 radical (unpaired) electrons. The highest BCUT2D eigenvalue weighted by molar-refractivity contribution is 6.68. The molecule has 0 saturated carbocycles. The van der Waals surface area contributed by atoms with Crippen LogP contribution in [0, 0.1) is 0 Å². The molecule has 0 aromatic rings. The SMILES string of the molecule is CCCN1[SiH2]CC[SiH]1C. The Bertz CT molecular complexity index is 87.1. The summed E-state index contributed by atoms with van der Waals surface area (Å²) in [7, 11) is 0.00688. The molecule has 1 rings (SSSR count). The average Bonchev–Trinajstić information content (AvgIpc) is 2.18. The summed E-state index contributed by atoms with van der Waals surface area (Å²) in [5, 5.41) is 0. The largest absolute Gasteiger partial charge is 0.353 e. The summed E-state index contributed by atoms with van der Waals surface area (Å²) in [6, 6.07) is 3.24. The molecule has 9 heavy (non-hydrogen) atoms. The highest BCUT2D eigenvalue weighted by atomic mass is 28.3. The fraction of sp³-hybridized carbons (Fsp3) is 1.00. The van der Waals surface area contributed by atoms with Crippen molar-refractivity contribution in [1.29, 1.82) is 0 Å². The molecule has 0 bridgehead atoms. The van der Waals surface area contributed by atoms with Crippen molar-refractivity contribution in [3.63, 3.8) is 0 Å². The molecule has 0 aromatic heterocycles. The fourth-order valence-corrected chi connectivity index (χ4v) is 9.57. The van der Waals surface area contributed by atoms with Crippen molar-refractivity contribution in [2.24, 2.45) is 0 Å². The summed E-state index contributed by atoms with van der Waals surface area (Å²) in [5.41, 5.74) is 0. The van der Waals surface area contributed by atoms with Crippen LogP contribution in [-0.2, 0) is 0 Å². The molecule has 1 unspecified atom stereocenters. The van der Waals surface area contributed by atoms with E-state index in [1.54, 1.807) is 12.1 Å². The summed E-state index contributed by atoms with van der Waals surface area (Å²) in [4.78, 5) is 0. The molecule has 1 atom stereocenters. The van der Waals surface area contributed by atoms with Crippen LogP contribution < -0.4 is 0 Å². The maximum absolute atomic E-state index is 2.86. The second-order valence-electron chi connectivity index (χ2n) is 3.03. The molecule has 1 heterocycles. The van der Waals surface area contributed by atoms with E-state index in [0.717, 1.165) is 0 Å². The first-order chi connectivity index (χ1) is 4.34. The normalized spacial score (nSPS) is 32.0. The summed E-state index contributed by atoms with van der Waals surface area (Å²) in [6.45, 7) is 6.24. The highest BCUT2D eigenvalue weighted by Crippen LogP contribution is 2.12. The van der Waals surface area contributed by atoms with Gasteiger partial charge in [0.1, 0.15) is 8.96 Å². The van der Waals surface area contributed by atoms with E-state index in [0.29, 0.717) is 9.68 Å². The molecule has 1 aliphatic heterocycles. The van der Waals surface area contributed by atoms with Gasteiger partial charge in [-0.05, 0) is 19.0 Å². The van der Waals surface area contributed by atoms with Gasteiger partial charge in [0, 0.05) is 0 Å². The Hall–Kier alpha value is 0.394. The maximum atomic E-state index is 2.86. The predicted octanol–water partition coefficient (Wildman–Crippen LogP) is 0.568. The van der Waals surface area contributed by atoms with Gasteiger partial charge in [-0.3, -0.25) is 0 Å². The lowest BCUT2D eigenvalue weighted by Crippen LogP contribution is -2.33. The van der Waals surface area contributed by atoms with Crippen LogP contribution in [0.15, 0.2) is 0 Å². The van der Waals surface area contributed by atoms with Crippen molar-refractivity contribution in [2.75, 3.05) is 6.54 Å². The maximum Gasteiger partial charge on any atom is 0.101 e. The van der Waals surface area contributed by atoms with Crippen molar-refractivity contribution in [1.82, 2.24) is 4.23 Å². The minimum atomic E-state index is -0.287. The van der Waals surface area contributed by atoms with Crippen LogP contribution in [0.2, 0.25) is 18.6 Å². The van der Waals surface area contributed by atoms with Gasteiger partial charge in [0.25, 0.3) is 0 Å². The van der Waals surface area contributed by atoms with E-state index in [9.17, 15) is 0 Å². The molecule has 0 N–H and O–H groups in total. The van der Waals surface area contributed by atoms with Crippen molar-refractivity contribution in [3.8, 4) is 0 Å². The molecule has 3 heteroatoms. The first-order valence-corrected chi connectivity index (χ1v) is 8.20. The molecule has 0 spiro atoms. The molecule has 0 aliphatic carbocycles. The Morgan fingerprint density at radius 2 is 2.44 bits per heavy atom. The minimum Gasteiger partial charge on any atom is -0.353 e. The lowest BCUT2D eigenvalue weighted by molar-refractivity contribution is 0.651. The van der Waals surface area contributed by atoms with Gasteiger partial charge in [-0.25, -0.2) is 0 Å². The van der Waals surface area contributed by atoms with Crippen LogP contribution in [0.5, 0.6) is 0 Å². The van der Waals surface area contributed by atoms with Crippen molar-refractivity contribution < 1.29 is 0 Å². The lowest BCUT2D eigenvalue weighted by atomic mass is 10.5. The Labute approximate surface area is 62.0 Å². The van der Waals surface area contributed by atoms with E-state index in [-0.39, 0.29) is 8.96 Å². The molecule has 0 aromatic carbocycles. The van der Waals surface area contributed by atoms with Crippen LogP contribution in [-0.4, -0.2) is 29.4 Å². The molecule has 1 aliphatic rings. The van der Waals surface area contributed by atoms with Crippen molar-refractivity contribution in [2.45, 2.75) is 32.0 Å². The van der Waals surface area contributed by atoms with Crippen LogP contribution in [0.1, 0.15) is 13.3 Å². The Morgan fingerprint density at radius 3 is 2.89 bits per heavy atom. The minimum absolute atomic E-state index is 0.287. The van der Waals surface area contributed by atoms with Gasteiger partial charge in [-0.2, -0.15) is 0 Å².